The fourth-order valence-electron chi connectivity index (χ4n) is 3.47. The van der Waals surface area contributed by atoms with Gasteiger partial charge in [0.2, 0.25) is 0 Å². The Bertz CT molecular complexity index is 1050. The molecule has 0 aliphatic rings. The predicted molar refractivity (Wildman–Crippen MR) is 112 cm³/mol. The van der Waals surface area contributed by atoms with Crippen molar-refractivity contribution >= 4 is 0 Å². The van der Waals surface area contributed by atoms with Gasteiger partial charge in [-0.3, -0.25) is 0 Å². The van der Waals surface area contributed by atoms with Gasteiger partial charge in [-0.15, -0.1) is 5.10 Å². The van der Waals surface area contributed by atoms with Crippen molar-refractivity contribution in [2.45, 2.75) is 46.1 Å². The van der Waals surface area contributed by atoms with Crippen molar-refractivity contribution in [3.05, 3.63) is 65.7 Å². The predicted octanol–water partition coefficient (Wildman–Crippen LogP) is 4.08. The number of tetrazole rings is 1. The first-order chi connectivity index (χ1) is 14.3. The molecule has 0 saturated carbocycles. The third kappa shape index (κ3) is 4.23. The average molecular weight is 387 g/mol. The summed E-state index contributed by atoms with van der Waals surface area (Å²) in [5.74, 6) is 2.69. The molecule has 0 aliphatic heterocycles. The molecule has 0 fully saturated rings. The Kier molecular flexibility index (Phi) is 5.74. The zero-order valence-electron chi connectivity index (χ0n) is 16.8. The first-order valence-electron chi connectivity index (χ1n) is 10.1. The van der Waals surface area contributed by atoms with Gasteiger partial charge in [0.15, 0.2) is 11.6 Å². The van der Waals surface area contributed by atoms with Crippen LogP contribution >= 0.6 is 0 Å². The molecule has 4 rings (SSSR count). The standard InChI is InChI=1S/C22H25N7/c1-3-7-20-23-21(8-4-2)29(26-20)15-16-11-13-17(14-12-16)18-9-5-6-10-19(18)22-24-27-28-25-22/h5-6,9-14H,3-4,7-8,15H2,1-2H3,(H,24,25,27,28). The summed E-state index contributed by atoms with van der Waals surface area (Å²) in [6, 6.07) is 16.7. The number of H-pyrrole nitrogens is 1. The maximum atomic E-state index is 4.72. The van der Waals surface area contributed by atoms with Crippen molar-refractivity contribution in [3.63, 3.8) is 0 Å². The Balaban J connectivity index is 1.59. The first kappa shape index (κ1) is 19.0. The molecule has 1 N–H and O–H groups in total. The summed E-state index contributed by atoms with van der Waals surface area (Å²) in [4.78, 5) is 4.72. The molecule has 29 heavy (non-hydrogen) atoms. The van der Waals surface area contributed by atoms with Gasteiger partial charge in [0.25, 0.3) is 0 Å². The summed E-state index contributed by atoms with van der Waals surface area (Å²) in [6.45, 7) is 5.07. The van der Waals surface area contributed by atoms with Crippen LogP contribution in [0.25, 0.3) is 22.5 Å². The maximum absolute atomic E-state index is 4.72. The van der Waals surface area contributed by atoms with Gasteiger partial charge < -0.3 is 0 Å². The van der Waals surface area contributed by atoms with Gasteiger partial charge in [-0.2, -0.15) is 5.10 Å². The zero-order valence-corrected chi connectivity index (χ0v) is 16.8. The summed E-state index contributed by atoms with van der Waals surface area (Å²) in [5.41, 5.74) is 4.41. The van der Waals surface area contributed by atoms with Crippen LogP contribution in [0.3, 0.4) is 0 Å². The highest BCUT2D eigenvalue weighted by atomic mass is 15.5. The van der Waals surface area contributed by atoms with E-state index < -0.39 is 0 Å². The Hall–Kier alpha value is -3.35. The molecule has 0 bridgehead atoms. The Labute approximate surface area is 170 Å². The van der Waals surface area contributed by atoms with Gasteiger partial charge in [0, 0.05) is 18.4 Å². The van der Waals surface area contributed by atoms with Crippen molar-refractivity contribution in [2.24, 2.45) is 0 Å². The molecule has 0 saturated heterocycles. The van der Waals surface area contributed by atoms with Crippen molar-refractivity contribution in [2.75, 3.05) is 0 Å². The molecule has 2 aromatic carbocycles. The number of hydrogen-bond donors (Lipinski definition) is 1. The van der Waals surface area contributed by atoms with E-state index in [2.05, 4.69) is 69.5 Å². The van der Waals surface area contributed by atoms with Gasteiger partial charge in [0.05, 0.1) is 6.54 Å². The Morgan fingerprint density at radius 2 is 1.66 bits per heavy atom. The van der Waals surface area contributed by atoms with E-state index in [-0.39, 0.29) is 0 Å². The fourth-order valence-corrected chi connectivity index (χ4v) is 3.47. The molecule has 7 heteroatoms. The van der Waals surface area contributed by atoms with E-state index in [1.807, 2.05) is 18.2 Å². The average Bonchev–Trinajstić information content (AvgIpc) is 3.40. The van der Waals surface area contributed by atoms with Crippen LogP contribution in [0.1, 0.15) is 43.9 Å². The second-order valence-electron chi connectivity index (χ2n) is 7.09. The van der Waals surface area contributed by atoms with E-state index in [1.165, 1.54) is 5.56 Å². The minimum Gasteiger partial charge on any atom is -0.245 e. The van der Waals surface area contributed by atoms with E-state index in [9.17, 15) is 0 Å². The number of nitrogens with zero attached hydrogens (tertiary/aromatic N) is 6. The topological polar surface area (TPSA) is 85.2 Å². The largest absolute Gasteiger partial charge is 0.245 e. The Morgan fingerprint density at radius 1 is 0.897 bits per heavy atom. The highest BCUT2D eigenvalue weighted by Gasteiger charge is 2.12. The number of aryl methyl sites for hydroxylation is 2. The molecule has 0 atom stereocenters. The molecule has 2 heterocycles. The SMILES string of the molecule is CCCc1nc(CCC)n(Cc2ccc(-c3ccccc3-c3nnn[nH]3)cc2)n1. The van der Waals surface area contributed by atoms with Crippen LogP contribution in [0.5, 0.6) is 0 Å². The van der Waals surface area contributed by atoms with Crippen molar-refractivity contribution in [1.29, 1.82) is 0 Å². The second kappa shape index (κ2) is 8.77. The lowest BCUT2D eigenvalue weighted by molar-refractivity contribution is 0.623. The lowest BCUT2D eigenvalue weighted by atomic mass is 9.98. The number of hydrogen-bond acceptors (Lipinski definition) is 5. The molecule has 2 aromatic heterocycles. The molecule has 0 aliphatic carbocycles. The van der Waals surface area contributed by atoms with Crippen molar-refractivity contribution in [3.8, 4) is 22.5 Å². The minimum atomic E-state index is 0.667. The van der Waals surface area contributed by atoms with Crippen LogP contribution in [0, 0.1) is 0 Å². The molecule has 0 unspecified atom stereocenters. The smallest absolute Gasteiger partial charge is 0.180 e. The quantitative estimate of drug-likeness (QED) is 0.492. The molecule has 0 spiro atoms. The highest BCUT2D eigenvalue weighted by molar-refractivity contribution is 5.80. The summed E-state index contributed by atoms with van der Waals surface area (Å²) in [6.07, 6.45) is 4.00. The fraction of sp³-hybridized carbons (Fsp3) is 0.318. The van der Waals surface area contributed by atoms with Gasteiger partial charge in [0.1, 0.15) is 5.82 Å². The summed E-state index contributed by atoms with van der Waals surface area (Å²) >= 11 is 0. The molecule has 0 radical (unpaired) electrons. The number of benzene rings is 2. The van der Waals surface area contributed by atoms with Crippen LogP contribution in [-0.4, -0.2) is 35.4 Å². The van der Waals surface area contributed by atoms with Gasteiger partial charge >= 0.3 is 0 Å². The first-order valence-corrected chi connectivity index (χ1v) is 10.1. The van der Waals surface area contributed by atoms with E-state index in [0.717, 1.165) is 60.6 Å². The Morgan fingerprint density at radius 3 is 2.34 bits per heavy atom. The third-order valence-corrected chi connectivity index (χ3v) is 4.86. The summed E-state index contributed by atoms with van der Waals surface area (Å²) < 4.78 is 2.05. The van der Waals surface area contributed by atoms with E-state index in [1.54, 1.807) is 0 Å². The van der Waals surface area contributed by atoms with Crippen LogP contribution in [-0.2, 0) is 19.4 Å². The van der Waals surface area contributed by atoms with E-state index in [0.29, 0.717) is 5.82 Å². The van der Waals surface area contributed by atoms with Gasteiger partial charge in [-0.25, -0.2) is 14.8 Å². The minimum absolute atomic E-state index is 0.667. The van der Waals surface area contributed by atoms with Crippen LogP contribution in [0.15, 0.2) is 48.5 Å². The number of nitrogens with one attached hydrogen (secondary N) is 1. The van der Waals surface area contributed by atoms with Crippen molar-refractivity contribution < 1.29 is 0 Å². The molecule has 7 nitrogen and oxygen atoms in total. The number of aromatic nitrogens is 7. The normalized spacial score (nSPS) is 11.1. The molecule has 0 amide bonds. The lowest BCUT2D eigenvalue weighted by Gasteiger charge is -2.09. The number of aromatic amines is 1. The summed E-state index contributed by atoms with van der Waals surface area (Å²) in [5, 5.41) is 19.0. The highest BCUT2D eigenvalue weighted by Crippen LogP contribution is 2.29. The maximum Gasteiger partial charge on any atom is 0.180 e. The summed E-state index contributed by atoms with van der Waals surface area (Å²) in [7, 11) is 0. The van der Waals surface area contributed by atoms with E-state index in [4.69, 9.17) is 10.1 Å². The van der Waals surface area contributed by atoms with Gasteiger partial charge in [-0.05, 0) is 40.0 Å². The van der Waals surface area contributed by atoms with Crippen LogP contribution in [0.4, 0.5) is 0 Å². The second-order valence-corrected chi connectivity index (χ2v) is 7.09. The lowest BCUT2D eigenvalue weighted by Crippen LogP contribution is -2.07. The monoisotopic (exact) mass is 387 g/mol. The molecular weight excluding hydrogens is 362 g/mol. The van der Waals surface area contributed by atoms with Crippen molar-refractivity contribution in [1.82, 2.24) is 35.4 Å². The van der Waals surface area contributed by atoms with Crippen LogP contribution < -0.4 is 0 Å². The van der Waals surface area contributed by atoms with Gasteiger partial charge in [-0.1, -0.05) is 62.4 Å². The third-order valence-electron chi connectivity index (χ3n) is 4.86. The molecule has 148 valence electrons. The van der Waals surface area contributed by atoms with Crippen LogP contribution in [0.2, 0.25) is 0 Å². The zero-order chi connectivity index (χ0) is 20.1. The number of rotatable bonds is 8. The molecule has 4 aromatic rings. The van der Waals surface area contributed by atoms with E-state index >= 15 is 0 Å². The molecular formula is C22H25N7.